The van der Waals surface area contributed by atoms with Gasteiger partial charge in [-0.05, 0) is 11.6 Å². The molecule has 1 rings (SSSR count). The van der Waals surface area contributed by atoms with Gasteiger partial charge in [0.15, 0.2) is 0 Å². The maximum absolute atomic E-state index is 10.2. The third-order valence-electron chi connectivity index (χ3n) is 0.785. The number of hydrogen-bond acceptors (Lipinski definition) is 3. The predicted octanol–water partition coefficient (Wildman–Crippen LogP) is 0.113. The summed E-state index contributed by atoms with van der Waals surface area (Å²) < 4.78 is 0. The van der Waals surface area contributed by atoms with Gasteiger partial charge in [-0.2, -0.15) is 15.4 Å². The molecule has 0 radical (unpaired) electrons. The van der Waals surface area contributed by atoms with Crippen LogP contribution in [0.1, 0.15) is 5.69 Å². The van der Waals surface area contributed by atoms with Crippen LogP contribution in [0.15, 0.2) is 6.20 Å². The number of rotatable bonds is 2. The van der Waals surface area contributed by atoms with Crippen LogP contribution in [-0.4, -0.2) is 20.7 Å². The summed E-state index contributed by atoms with van der Waals surface area (Å²) in [4.78, 5) is 10.2. The lowest BCUT2D eigenvalue weighted by Crippen LogP contribution is -1.92. The van der Waals surface area contributed by atoms with Crippen molar-refractivity contribution in [3.05, 3.63) is 11.9 Å². The second kappa shape index (κ2) is 2.59. The number of carbonyl (C=O) groups is 1. The van der Waals surface area contributed by atoms with E-state index in [4.69, 9.17) is 11.6 Å². The maximum Gasteiger partial charge on any atom is 0.227 e. The molecular formula is C4H4ClN3O. The zero-order chi connectivity index (χ0) is 6.69. The maximum atomic E-state index is 10.2. The monoisotopic (exact) mass is 145 g/mol. The molecule has 0 amide bonds. The van der Waals surface area contributed by atoms with Gasteiger partial charge in [0.05, 0.1) is 18.3 Å². The molecular weight excluding hydrogens is 142 g/mol. The Hall–Kier alpha value is -0.900. The van der Waals surface area contributed by atoms with Gasteiger partial charge in [0.2, 0.25) is 5.24 Å². The SMILES string of the molecule is O=C(Cl)Cc1cn[nH]n1. The molecule has 0 aliphatic heterocycles. The van der Waals surface area contributed by atoms with E-state index in [9.17, 15) is 4.79 Å². The van der Waals surface area contributed by atoms with Crippen molar-refractivity contribution in [2.45, 2.75) is 6.42 Å². The van der Waals surface area contributed by atoms with E-state index in [0.29, 0.717) is 5.69 Å². The number of aromatic nitrogens is 3. The minimum Gasteiger partial charge on any atom is -0.281 e. The summed E-state index contributed by atoms with van der Waals surface area (Å²) in [7, 11) is 0. The average molecular weight is 146 g/mol. The molecule has 1 aromatic rings. The second-order valence-electron chi connectivity index (χ2n) is 1.49. The van der Waals surface area contributed by atoms with E-state index < -0.39 is 5.24 Å². The van der Waals surface area contributed by atoms with Crippen LogP contribution in [0.4, 0.5) is 0 Å². The van der Waals surface area contributed by atoms with E-state index in [1.54, 1.807) is 0 Å². The first-order valence-corrected chi connectivity index (χ1v) is 2.70. The first-order valence-electron chi connectivity index (χ1n) is 2.32. The lowest BCUT2D eigenvalue weighted by molar-refractivity contribution is -0.111. The van der Waals surface area contributed by atoms with Crippen molar-refractivity contribution in [2.75, 3.05) is 0 Å². The van der Waals surface area contributed by atoms with Gasteiger partial charge in [-0.25, -0.2) is 0 Å². The molecule has 0 saturated carbocycles. The van der Waals surface area contributed by atoms with Crippen molar-refractivity contribution in [1.82, 2.24) is 15.4 Å². The van der Waals surface area contributed by atoms with Crippen molar-refractivity contribution in [3.63, 3.8) is 0 Å². The van der Waals surface area contributed by atoms with Gasteiger partial charge < -0.3 is 0 Å². The summed E-state index contributed by atoms with van der Waals surface area (Å²) >= 11 is 5.05. The predicted molar refractivity (Wildman–Crippen MR) is 30.9 cm³/mol. The molecule has 1 heterocycles. The number of nitrogens with one attached hydrogen (secondary N) is 1. The van der Waals surface area contributed by atoms with Crippen molar-refractivity contribution < 1.29 is 4.79 Å². The molecule has 0 fully saturated rings. The van der Waals surface area contributed by atoms with E-state index in [1.807, 2.05) is 0 Å². The Kier molecular flexibility index (Phi) is 1.79. The lowest BCUT2D eigenvalue weighted by atomic mass is 10.4. The zero-order valence-electron chi connectivity index (χ0n) is 4.47. The number of H-pyrrole nitrogens is 1. The smallest absolute Gasteiger partial charge is 0.227 e. The molecule has 0 spiro atoms. The normalized spacial score (nSPS) is 9.44. The summed E-state index contributed by atoms with van der Waals surface area (Å²) in [6.07, 6.45) is 1.60. The Morgan fingerprint density at radius 2 is 2.67 bits per heavy atom. The first kappa shape index (κ1) is 6.22. The molecule has 5 heteroatoms. The fourth-order valence-corrected chi connectivity index (χ4v) is 0.590. The third kappa shape index (κ3) is 1.81. The summed E-state index contributed by atoms with van der Waals surface area (Å²) in [6.45, 7) is 0. The number of nitrogens with zero attached hydrogens (tertiary/aromatic N) is 2. The van der Waals surface area contributed by atoms with Crippen LogP contribution in [0.5, 0.6) is 0 Å². The summed E-state index contributed by atoms with van der Waals surface area (Å²) in [5, 5.41) is 9.04. The zero-order valence-corrected chi connectivity index (χ0v) is 5.22. The number of aromatic amines is 1. The highest BCUT2D eigenvalue weighted by atomic mass is 35.5. The second-order valence-corrected chi connectivity index (χ2v) is 1.91. The van der Waals surface area contributed by atoms with E-state index in [-0.39, 0.29) is 6.42 Å². The summed E-state index contributed by atoms with van der Waals surface area (Å²) in [5.41, 5.74) is 0.565. The van der Waals surface area contributed by atoms with Crippen molar-refractivity contribution in [1.29, 1.82) is 0 Å². The van der Waals surface area contributed by atoms with Gasteiger partial charge in [0.1, 0.15) is 0 Å². The van der Waals surface area contributed by atoms with Gasteiger partial charge in [-0.1, -0.05) is 0 Å². The van der Waals surface area contributed by atoms with Crippen LogP contribution in [0, 0.1) is 0 Å². The van der Waals surface area contributed by atoms with Crippen LogP contribution in [-0.2, 0) is 11.2 Å². The molecule has 1 N–H and O–H groups in total. The fourth-order valence-electron chi connectivity index (χ4n) is 0.453. The summed E-state index contributed by atoms with van der Waals surface area (Å²) in [6, 6.07) is 0. The Balaban J connectivity index is 2.58. The van der Waals surface area contributed by atoms with Crippen molar-refractivity contribution in [3.8, 4) is 0 Å². The van der Waals surface area contributed by atoms with Crippen LogP contribution in [0.3, 0.4) is 0 Å². The van der Waals surface area contributed by atoms with Gasteiger partial charge >= 0.3 is 0 Å². The molecule has 0 saturated heterocycles. The molecule has 0 aliphatic carbocycles. The van der Waals surface area contributed by atoms with E-state index in [1.165, 1.54) is 6.20 Å². The number of hydrogen-bond donors (Lipinski definition) is 1. The minimum absolute atomic E-state index is 0.137. The highest BCUT2D eigenvalue weighted by Gasteiger charge is 1.99. The molecule has 0 aromatic carbocycles. The Morgan fingerprint density at radius 1 is 1.89 bits per heavy atom. The van der Waals surface area contributed by atoms with Gasteiger partial charge in [-0.15, -0.1) is 0 Å². The van der Waals surface area contributed by atoms with Gasteiger partial charge in [0, 0.05) is 0 Å². The number of carbonyl (C=O) groups excluding carboxylic acids is 1. The molecule has 0 atom stereocenters. The van der Waals surface area contributed by atoms with Crippen molar-refractivity contribution in [2.24, 2.45) is 0 Å². The van der Waals surface area contributed by atoms with Gasteiger partial charge in [-0.3, -0.25) is 4.79 Å². The lowest BCUT2D eigenvalue weighted by Gasteiger charge is -1.81. The molecule has 0 aliphatic rings. The highest BCUT2D eigenvalue weighted by molar-refractivity contribution is 6.63. The number of halogens is 1. The molecule has 48 valence electrons. The van der Waals surface area contributed by atoms with Crippen LogP contribution >= 0.6 is 11.6 Å². The fraction of sp³-hybridized carbons (Fsp3) is 0.250. The quantitative estimate of drug-likeness (QED) is 0.601. The molecule has 9 heavy (non-hydrogen) atoms. The average Bonchev–Trinajstić information content (AvgIpc) is 2.15. The third-order valence-corrected chi connectivity index (χ3v) is 0.919. The molecule has 4 nitrogen and oxygen atoms in total. The molecule has 0 unspecified atom stereocenters. The van der Waals surface area contributed by atoms with E-state index in [2.05, 4.69) is 15.4 Å². The topological polar surface area (TPSA) is 58.6 Å². The largest absolute Gasteiger partial charge is 0.281 e. The Morgan fingerprint density at radius 3 is 3.11 bits per heavy atom. The standard InChI is InChI=1S/C4H4ClN3O/c5-4(9)1-3-2-6-8-7-3/h2H,1H2,(H,6,7,8). The first-order chi connectivity index (χ1) is 4.29. The molecule has 1 aromatic heterocycles. The van der Waals surface area contributed by atoms with E-state index in [0.717, 1.165) is 0 Å². The Labute approximate surface area is 56.2 Å². The molecule has 0 bridgehead atoms. The highest BCUT2D eigenvalue weighted by Crippen LogP contribution is 1.93. The Bertz CT molecular complexity index is 196. The van der Waals surface area contributed by atoms with Crippen LogP contribution in [0.2, 0.25) is 0 Å². The van der Waals surface area contributed by atoms with Crippen molar-refractivity contribution >= 4 is 16.8 Å². The summed E-state index contributed by atoms with van der Waals surface area (Å²) in [5.74, 6) is 0. The van der Waals surface area contributed by atoms with Crippen LogP contribution < -0.4 is 0 Å². The van der Waals surface area contributed by atoms with Crippen LogP contribution in [0.25, 0.3) is 0 Å². The van der Waals surface area contributed by atoms with Gasteiger partial charge in [0.25, 0.3) is 0 Å². The minimum atomic E-state index is -0.427. The van der Waals surface area contributed by atoms with E-state index >= 15 is 0 Å².